The van der Waals surface area contributed by atoms with E-state index >= 15 is 0 Å². The predicted molar refractivity (Wildman–Crippen MR) is 70.5 cm³/mol. The number of sulfonamides is 1. The van der Waals surface area contributed by atoms with Crippen molar-refractivity contribution in [1.29, 1.82) is 5.26 Å². The molecule has 0 aliphatic heterocycles. The molecule has 1 aromatic rings. The lowest BCUT2D eigenvalue weighted by atomic mass is 10.1. The topological polar surface area (TPSA) is 70.0 Å². The van der Waals surface area contributed by atoms with Crippen LogP contribution in [0.4, 0.5) is 0 Å². The molecule has 0 atom stereocenters. The minimum absolute atomic E-state index is 0.194. The van der Waals surface area contributed by atoms with Crippen molar-refractivity contribution in [1.82, 2.24) is 4.72 Å². The molecule has 0 spiro atoms. The molecule has 1 N–H and O–H groups in total. The van der Waals surface area contributed by atoms with E-state index in [9.17, 15) is 8.42 Å². The zero-order chi connectivity index (χ0) is 13.6. The second-order valence-corrected chi connectivity index (χ2v) is 5.61. The predicted octanol–water partition coefficient (Wildman–Crippen LogP) is 2.11. The van der Waals surface area contributed by atoms with Gasteiger partial charge < -0.3 is 0 Å². The van der Waals surface area contributed by atoms with E-state index in [4.69, 9.17) is 5.26 Å². The fourth-order valence-electron chi connectivity index (χ4n) is 1.46. The Morgan fingerprint density at radius 2 is 2.17 bits per heavy atom. The normalized spacial score (nSPS) is 11.6. The minimum atomic E-state index is -3.48. The van der Waals surface area contributed by atoms with E-state index in [1.807, 2.05) is 25.1 Å². The van der Waals surface area contributed by atoms with Gasteiger partial charge in [-0.3, -0.25) is 0 Å². The molecular formula is C13H16N2O2S. The molecule has 0 bridgehead atoms. The Morgan fingerprint density at radius 3 is 2.72 bits per heavy atom. The maximum atomic E-state index is 11.9. The number of nitrogens with zero attached hydrogens (tertiary/aromatic N) is 1. The van der Waals surface area contributed by atoms with Crippen molar-refractivity contribution in [2.24, 2.45) is 0 Å². The van der Waals surface area contributed by atoms with E-state index in [0.717, 1.165) is 0 Å². The average molecular weight is 264 g/mol. The molecule has 0 amide bonds. The summed E-state index contributed by atoms with van der Waals surface area (Å²) in [5.41, 5.74) is 1.15. The fraction of sp³-hybridized carbons (Fsp3) is 0.308. The third-order valence-electron chi connectivity index (χ3n) is 2.47. The molecule has 0 aromatic heterocycles. The summed E-state index contributed by atoms with van der Waals surface area (Å²) in [7, 11) is -3.48. The Labute approximate surface area is 108 Å². The van der Waals surface area contributed by atoms with Gasteiger partial charge in [-0.1, -0.05) is 12.2 Å². The van der Waals surface area contributed by atoms with Crippen LogP contribution in [0.1, 0.15) is 24.5 Å². The summed E-state index contributed by atoms with van der Waals surface area (Å²) < 4.78 is 26.4. The summed E-state index contributed by atoms with van der Waals surface area (Å²) in [6.07, 6.45) is 4.43. The quantitative estimate of drug-likeness (QED) is 0.654. The largest absolute Gasteiger partial charge is 0.240 e. The second-order valence-electron chi connectivity index (χ2n) is 3.84. The van der Waals surface area contributed by atoms with Gasteiger partial charge in [-0.15, -0.1) is 0 Å². The lowest BCUT2D eigenvalue weighted by molar-refractivity contribution is 0.582. The molecule has 1 rings (SSSR count). The first-order valence-corrected chi connectivity index (χ1v) is 7.11. The van der Waals surface area contributed by atoms with Gasteiger partial charge in [0.15, 0.2) is 0 Å². The molecule has 0 aliphatic carbocycles. The maximum Gasteiger partial charge on any atom is 0.240 e. The first-order chi connectivity index (χ1) is 8.51. The van der Waals surface area contributed by atoms with Crippen LogP contribution in [0.3, 0.4) is 0 Å². The lowest BCUT2D eigenvalue weighted by Gasteiger charge is -2.07. The Hall–Kier alpha value is -1.64. The number of rotatable bonds is 5. The van der Waals surface area contributed by atoms with Crippen molar-refractivity contribution in [2.75, 3.05) is 6.54 Å². The number of allylic oxidation sites excluding steroid dienone is 1. The Morgan fingerprint density at radius 1 is 1.44 bits per heavy atom. The molecule has 0 heterocycles. The van der Waals surface area contributed by atoms with Crippen LogP contribution in [0.2, 0.25) is 0 Å². The van der Waals surface area contributed by atoms with Gasteiger partial charge in [0.25, 0.3) is 0 Å². The van der Waals surface area contributed by atoms with Crippen LogP contribution in [0.5, 0.6) is 0 Å². The summed E-state index contributed by atoms with van der Waals surface area (Å²) in [5.74, 6) is 0. The summed E-state index contributed by atoms with van der Waals surface area (Å²) in [4.78, 5) is 0.194. The van der Waals surface area contributed by atoms with Crippen molar-refractivity contribution in [2.45, 2.75) is 25.2 Å². The number of nitrogens with one attached hydrogen (secondary N) is 1. The van der Waals surface area contributed by atoms with Gasteiger partial charge in [-0.2, -0.15) is 5.26 Å². The highest BCUT2D eigenvalue weighted by Gasteiger charge is 2.13. The summed E-state index contributed by atoms with van der Waals surface area (Å²) in [6.45, 7) is 3.97. The Bertz CT molecular complexity index is 583. The third kappa shape index (κ3) is 3.69. The smallest absolute Gasteiger partial charge is 0.211 e. The molecular weight excluding hydrogens is 248 g/mol. The SMILES string of the molecule is C/C=C/CCNS(=O)(=O)c1ccc(C#N)c(C)c1. The van der Waals surface area contributed by atoms with Crippen molar-refractivity contribution in [3.63, 3.8) is 0 Å². The van der Waals surface area contributed by atoms with E-state index < -0.39 is 10.0 Å². The van der Waals surface area contributed by atoms with Crippen molar-refractivity contribution in [3.05, 3.63) is 41.5 Å². The second kappa shape index (κ2) is 6.34. The molecule has 96 valence electrons. The number of benzene rings is 1. The molecule has 0 radical (unpaired) electrons. The standard InChI is InChI=1S/C13H16N2O2S/c1-3-4-5-8-15-18(16,17)13-7-6-12(10-14)11(2)9-13/h3-4,6-7,9,15H,5,8H2,1-2H3/b4-3+. The molecule has 5 heteroatoms. The fourth-order valence-corrected chi connectivity index (χ4v) is 2.59. The molecule has 0 aliphatic rings. The first kappa shape index (κ1) is 14.4. The van der Waals surface area contributed by atoms with E-state index in [1.165, 1.54) is 18.2 Å². The van der Waals surface area contributed by atoms with Crippen LogP contribution in [0, 0.1) is 18.3 Å². The van der Waals surface area contributed by atoms with Gasteiger partial charge in [-0.05, 0) is 44.0 Å². The third-order valence-corrected chi connectivity index (χ3v) is 3.93. The van der Waals surface area contributed by atoms with Crippen LogP contribution in [0.15, 0.2) is 35.2 Å². The van der Waals surface area contributed by atoms with Gasteiger partial charge >= 0.3 is 0 Å². The van der Waals surface area contributed by atoms with Crippen LogP contribution < -0.4 is 4.72 Å². The van der Waals surface area contributed by atoms with E-state index in [2.05, 4.69) is 4.72 Å². The molecule has 4 nitrogen and oxygen atoms in total. The van der Waals surface area contributed by atoms with Crippen molar-refractivity contribution in [3.8, 4) is 6.07 Å². The van der Waals surface area contributed by atoms with Gasteiger partial charge in [-0.25, -0.2) is 13.1 Å². The molecule has 0 saturated carbocycles. The molecule has 0 unspecified atom stereocenters. The van der Waals surface area contributed by atoms with Crippen LogP contribution in [-0.4, -0.2) is 15.0 Å². The minimum Gasteiger partial charge on any atom is -0.211 e. The van der Waals surface area contributed by atoms with Crippen molar-refractivity contribution < 1.29 is 8.42 Å². The van der Waals surface area contributed by atoms with Crippen LogP contribution >= 0.6 is 0 Å². The highest BCUT2D eigenvalue weighted by atomic mass is 32.2. The van der Waals surface area contributed by atoms with E-state index in [0.29, 0.717) is 24.1 Å². The number of hydrogen-bond donors (Lipinski definition) is 1. The Kier molecular flexibility index (Phi) is 5.08. The first-order valence-electron chi connectivity index (χ1n) is 5.63. The van der Waals surface area contributed by atoms with E-state index in [1.54, 1.807) is 6.92 Å². The van der Waals surface area contributed by atoms with Crippen molar-refractivity contribution >= 4 is 10.0 Å². The molecule has 0 fully saturated rings. The van der Waals surface area contributed by atoms with Crippen LogP contribution in [0.25, 0.3) is 0 Å². The monoisotopic (exact) mass is 264 g/mol. The lowest BCUT2D eigenvalue weighted by Crippen LogP contribution is -2.24. The average Bonchev–Trinajstić information content (AvgIpc) is 2.34. The Balaban J connectivity index is 2.86. The zero-order valence-electron chi connectivity index (χ0n) is 10.5. The highest BCUT2D eigenvalue weighted by molar-refractivity contribution is 7.89. The molecule has 1 aromatic carbocycles. The van der Waals surface area contributed by atoms with Gasteiger partial charge in [0.1, 0.15) is 0 Å². The zero-order valence-corrected chi connectivity index (χ0v) is 11.3. The van der Waals surface area contributed by atoms with Gasteiger partial charge in [0, 0.05) is 6.54 Å². The number of hydrogen-bond acceptors (Lipinski definition) is 3. The van der Waals surface area contributed by atoms with E-state index in [-0.39, 0.29) is 4.90 Å². The summed E-state index contributed by atoms with van der Waals surface area (Å²) in [6, 6.07) is 6.49. The maximum absolute atomic E-state index is 11.9. The summed E-state index contributed by atoms with van der Waals surface area (Å²) >= 11 is 0. The summed E-state index contributed by atoms with van der Waals surface area (Å²) in [5, 5.41) is 8.79. The number of nitriles is 1. The van der Waals surface area contributed by atoms with Crippen LogP contribution in [-0.2, 0) is 10.0 Å². The highest BCUT2D eigenvalue weighted by Crippen LogP contribution is 2.14. The molecule has 18 heavy (non-hydrogen) atoms. The molecule has 0 saturated heterocycles. The number of aryl methyl sites for hydroxylation is 1. The van der Waals surface area contributed by atoms with Gasteiger partial charge in [0.05, 0.1) is 16.5 Å². The van der Waals surface area contributed by atoms with Gasteiger partial charge in [0.2, 0.25) is 10.0 Å².